The van der Waals surface area contributed by atoms with Crippen molar-refractivity contribution in [3.05, 3.63) is 52.7 Å². The van der Waals surface area contributed by atoms with Crippen LogP contribution in [0.5, 0.6) is 0 Å². The Morgan fingerprint density at radius 1 is 1.36 bits per heavy atom. The number of aliphatic hydroxyl groups excluding tert-OH is 1. The zero-order valence-electron chi connectivity index (χ0n) is 15.1. The van der Waals surface area contributed by atoms with Crippen molar-refractivity contribution in [2.24, 2.45) is 0 Å². The summed E-state index contributed by atoms with van der Waals surface area (Å²) in [7, 11) is 0. The average molecular weight is 399 g/mol. The third-order valence-corrected chi connectivity index (χ3v) is 6.31. The molecule has 5 rings (SSSR count). The number of aromatic nitrogens is 4. The minimum Gasteiger partial charge on any atom is -0.390 e. The molecule has 0 radical (unpaired) electrons. The zero-order chi connectivity index (χ0) is 19.4. The summed E-state index contributed by atoms with van der Waals surface area (Å²) in [4.78, 5) is 22.4. The van der Waals surface area contributed by atoms with Gasteiger partial charge in [0.05, 0.1) is 29.7 Å². The molecule has 4 aromatic heterocycles. The average Bonchev–Trinajstić information content (AvgIpc) is 3.27. The predicted octanol–water partition coefficient (Wildman–Crippen LogP) is 2.12. The number of hydrogen-bond acceptors (Lipinski definition) is 6. The Morgan fingerprint density at radius 3 is 3.04 bits per heavy atom. The number of thiophene rings is 1. The van der Waals surface area contributed by atoms with Crippen LogP contribution in [0, 0.1) is 12.7 Å². The molecule has 2 atom stereocenters. The van der Waals surface area contributed by atoms with Crippen molar-refractivity contribution < 1.29 is 9.50 Å². The number of piperidine rings is 1. The minimum atomic E-state index is -0.633. The van der Waals surface area contributed by atoms with Crippen LogP contribution in [0.4, 0.5) is 4.39 Å². The van der Waals surface area contributed by atoms with Gasteiger partial charge < -0.3 is 14.8 Å². The first-order valence-corrected chi connectivity index (χ1v) is 9.87. The van der Waals surface area contributed by atoms with Gasteiger partial charge in [0, 0.05) is 29.4 Å². The van der Waals surface area contributed by atoms with Gasteiger partial charge in [0.25, 0.3) is 5.56 Å². The third kappa shape index (κ3) is 2.74. The maximum Gasteiger partial charge on any atom is 0.271 e. The first kappa shape index (κ1) is 17.5. The molecule has 0 aliphatic carbocycles. The van der Waals surface area contributed by atoms with E-state index in [4.69, 9.17) is 0 Å². The van der Waals surface area contributed by atoms with E-state index in [1.165, 1.54) is 28.3 Å². The van der Waals surface area contributed by atoms with Crippen LogP contribution in [-0.2, 0) is 0 Å². The highest BCUT2D eigenvalue weighted by Gasteiger charge is 2.26. The largest absolute Gasteiger partial charge is 0.390 e. The minimum absolute atomic E-state index is 0.174. The summed E-state index contributed by atoms with van der Waals surface area (Å²) >= 11 is 1.29. The molecular weight excluding hydrogens is 381 g/mol. The van der Waals surface area contributed by atoms with Gasteiger partial charge in [-0.3, -0.25) is 9.36 Å². The fourth-order valence-electron chi connectivity index (χ4n) is 3.77. The van der Waals surface area contributed by atoms with Crippen LogP contribution in [-0.4, -0.2) is 43.2 Å². The van der Waals surface area contributed by atoms with Crippen molar-refractivity contribution in [3.63, 3.8) is 0 Å². The lowest BCUT2D eigenvalue weighted by atomic mass is 10.0. The van der Waals surface area contributed by atoms with Crippen LogP contribution >= 0.6 is 11.3 Å². The van der Waals surface area contributed by atoms with Gasteiger partial charge in [-0.1, -0.05) is 0 Å². The smallest absolute Gasteiger partial charge is 0.271 e. The molecule has 5 heterocycles. The molecule has 7 nitrogen and oxygen atoms in total. The van der Waals surface area contributed by atoms with Crippen molar-refractivity contribution in [3.8, 4) is 10.4 Å². The van der Waals surface area contributed by atoms with E-state index in [1.807, 2.05) is 6.92 Å². The van der Waals surface area contributed by atoms with Crippen molar-refractivity contribution in [1.82, 2.24) is 24.3 Å². The molecule has 1 aliphatic heterocycles. The molecule has 0 spiro atoms. The molecule has 0 amide bonds. The molecule has 0 aromatic carbocycles. The lowest BCUT2D eigenvalue weighted by Crippen LogP contribution is -2.44. The second-order valence-electron chi connectivity index (χ2n) is 7.10. The van der Waals surface area contributed by atoms with E-state index < -0.39 is 11.9 Å². The number of aryl methyl sites for hydroxylation is 1. The van der Waals surface area contributed by atoms with Crippen molar-refractivity contribution in [1.29, 1.82) is 0 Å². The fraction of sp³-hybridized carbons (Fsp3) is 0.316. The topological polar surface area (TPSA) is 84.5 Å². The van der Waals surface area contributed by atoms with Gasteiger partial charge in [0.15, 0.2) is 11.5 Å². The van der Waals surface area contributed by atoms with Gasteiger partial charge in [-0.2, -0.15) is 0 Å². The van der Waals surface area contributed by atoms with Crippen molar-refractivity contribution in [2.75, 3.05) is 13.1 Å². The van der Waals surface area contributed by atoms with Gasteiger partial charge in [-0.25, -0.2) is 14.4 Å². The molecule has 144 valence electrons. The number of pyridine rings is 1. The Morgan fingerprint density at radius 2 is 2.21 bits per heavy atom. The third-order valence-electron chi connectivity index (χ3n) is 5.15. The summed E-state index contributed by atoms with van der Waals surface area (Å²) in [6.45, 7) is 3.01. The number of fused-ring (bicyclic) bond motifs is 2. The lowest BCUT2D eigenvalue weighted by molar-refractivity contribution is 0.0853. The van der Waals surface area contributed by atoms with Gasteiger partial charge in [-0.05, 0) is 32.0 Å². The summed E-state index contributed by atoms with van der Waals surface area (Å²) in [6.07, 6.45) is 5.10. The lowest BCUT2D eigenvalue weighted by Gasteiger charge is -2.29. The molecule has 0 saturated carbocycles. The summed E-state index contributed by atoms with van der Waals surface area (Å²) in [5.41, 5.74) is 2.08. The van der Waals surface area contributed by atoms with Gasteiger partial charge >= 0.3 is 0 Å². The van der Waals surface area contributed by atoms with E-state index in [2.05, 4.69) is 15.3 Å². The maximum atomic E-state index is 14.4. The van der Waals surface area contributed by atoms with Crippen LogP contribution in [0.1, 0.15) is 18.2 Å². The summed E-state index contributed by atoms with van der Waals surface area (Å²) in [5.74, 6) is -0.411. The van der Waals surface area contributed by atoms with E-state index in [0.29, 0.717) is 28.7 Å². The second kappa shape index (κ2) is 6.47. The number of aliphatic hydroxyl groups is 1. The van der Waals surface area contributed by atoms with Crippen molar-refractivity contribution in [2.45, 2.75) is 25.5 Å². The van der Waals surface area contributed by atoms with Gasteiger partial charge in [-0.15, -0.1) is 11.3 Å². The molecule has 28 heavy (non-hydrogen) atoms. The standard InChI is InChI=1S/C19H18FN5O2S/c1-10-7-24-8-11(4-12(20)18(24)23-10)16-5-13-17(28-16)19(27)25(9-22-13)14-2-3-21-6-15(14)26/h4-5,7-9,14-15,21,26H,2-3,6H2,1H3/t14-,15-/m0/s1. The number of rotatable bonds is 2. The van der Waals surface area contributed by atoms with Gasteiger partial charge in [0.1, 0.15) is 4.70 Å². The molecule has 9 heteroatoms. The van der Waals surface area contributed by atoms with E-state index in [-0.39, 0.29) is 17.2 Å². The molecular formula is C19H18FN5O2S. The van der Waals surface area contributed by atoms with Crippen molar-refractivity contribution >= 4 is 27.2 Å². The van der Waals surface area contributed by atoms with Crippen LogP contribution in [0.25, 0.3) is 26.3 Å². The molecule has 4 aromatic rings. The normalized spacial score (nSPS) is 20.2. The highest BCUT2D eigenvalue weighted by Crippen LogP contribution is 2.32. The molecule has 1 saturated heterocycles. The zero-order valence-corrected chi connectivity index (χ0v) is 15.9. The highest BCUT2D eigenvalue weighted by atomic mass is 32.1. The fourth-order valence-corrected chi connectivity index (χ4v) is 4.80. The van der Waals surface area contributed by atoms with Crippen LogP contribution in [0.15, 0.2) is 35.6 Å². The number of hydrogen-bond donors (Lipinski definition) is 2. The highest BCUT2D eigenvalue weighted by molar-refractivity contribution is 7.22. The number of halogens is 1. The quantitative estimate of drug-likeness (QED) is 0.539. The molecule has 1 fully saturated rings. The summed E-state index contributed by atoms with van der Waals surface area (Å²) in [5, 5.41) is 13.4. The van der Waals surface area contributed by atoms with Gasteiger partial charge in [0.2, 0.25) is 0 Å². The molecule has 0 unspecified atom stereocenters. The SMILES string of the molecule is Cc1cn2cc(-c3cc4ncn([C@H]5CCNC[C@@H]5O)c(=O)c4s3)cc(F)c2n1. The van der Waals surface area contributed by atoms with E-state index in [0.717, 1.165) is 17.1 Å². The number of imidazole rings is 1. The monoisotopic (exact) mass is 399 g/mol. The summed E-state index contributed by atoms with van der Waals surface area (Å²) < 4.78 is 18.1. The van der Waals surface area contributed by atoms with E-state index >= 15 is 0 Å². The van der Waals surface area contributed by atoms with Crippen LogP contribution in [0.3, 0.4) is 0 Å². The van der Waals surface area contributed by atoms with Crippen LogP contribution < -0.4 is 10.9 Å². The molecule has 0 bridgehead atoms. The summed E-state index contributed by atoms with van der Waals surface area (Å²) in [6, 6.07) is 2.94. The molecule has 2 N–H and O–H groups in total. The number of nitrogens with one attached hydrogen (secondary N) is 1. The Bertz CT molecular complexity index is 1260. The van der Waals surface area contributed by atoms with Crippen LogP contribution in [0.2, 0.25) is 0 Å². The Balaban J connectivity index is 1.62. The van der Waals surface area contributed by atoms with E-state index in [1.54, 1.807) is 22.9 Å². The Hall–Kier alpha value is -2.62. The Kier molecular flexibility index (Phi) is 4.04. The Labute approximate surface area is 163 Å². The first-order valence-electron chi connectivity index (χ1n) is 9.06. The first-order chi connectivity index (χ1) is 13.5. The molecule has 1 aliphatic rings. The van der Waals surface area contributed by atoms with E-state index in [9.17, 15) is 14.3 Å². The second-order valence-corrected chi connectivity index (χ2v) is 8.15. The predicted molar refractivity (Wildman–Crippen MR) is 105 cm³/mol. The number of β-amino-alcohol motifs (C(OH)–C–C–N with tert-alkyl or cyclic N) is 1. The maximum absolute atomic E-state index is 14.4. The number of nitrogens with zero attached hydrogens (tertiary/aromatic N) is 4.